The van der Waals surface area contributed by atoms with Gasteiger partial charge in [0.1, 0.15) is 16.9 Å². The summed E-state index contributed by atoms with van der Waals surface area (Å²) in [4.78, 5) is 25.3. The van der Waals surface area contributed by atoms with Crippen molar-refractivity contribution in [2.75, 3.05) is 20.8 Å². The fourth-order valence-corrected chi connectivity index (χ4v) is 6.42. The van der Waals surface area contributed by atoms with Crippen molar-refractivity contribution >= 4 is 28.0 Å². The number of nitrogens with zero attached hydrogens (tertiary/aromatic N) is 5. The van der Waals surface area contributed by atoms with Gasteiger partial charge in [-0.25, -0.2) is 4.98 Å². The van der Waals surface area contributed by atoms with Gasteiger partial charge in [0.2, 0.25) is 5.88 Å². The van der Waals surface area contributed by atoms with Gasteiger partial charge < -0.3 is 29.2 Å². The summed E-state index contributed by atoms with van der Waals surface area (Å²) in [7, 11) is 5.28. The number of hydrogen-bond acceptors (Lipinski definition) is 6. The minimum atomic E-state index is 0.00851. The van der Waals surface area contributed by atoms with Gasteiger partial charge in [0.25, 0.3) is 5.91 Å². The van der Waals surface area contributed by atoms with Crippen molar-refractivity contribution in [1.82, 2.24) is 24.0 Å². The van der Waals surface area contributed by atoms with E-state index in [-0.39, 0.29) is 18.0 Å². The summed E-state index contributed by atoms with van der Waals surface area (Å²) in [6.07, 6.45) is 4.55. The molecule has 0 spiro atoms. The van der Waals surface area contributed by atoms with Crippen molar-refractivity contribution in [3.63, 3.8) is 0 Å². The molecule has 9 heteroatoms. The summed E-state index contributed by atoms with van der Waals surface area (Å²) in [5.41, 5.74) is 10.5. The number of ether oxygens (including phenoxy) is 2. The third-order valence-electron chi connectivity index (χ3n) is 8.61. The molecule has 0 radical (unpaired) electrons. The number of piperidine rings is 1. The molecule has 1 aliphatic heterocycles. The van der Waals surface area contributed by atoms with Crippen LogP contribution in [0.15, 0.2) is 30.3 Å². The van der Waals surface area contributed by atoms with E-state index in [2.05, 4.69) is 15.2 Å². The molecule has 3 atom stereocenters. The maximum absolute atomic E-state index is 13.6. The van der Waals surface area contributed by atoms with Gasteiger partial charge in [0.05, 0.1) is 25.4 Å². The second kappa shape index (κ2) is 8.21. The molecule has 3 aliphatic rings. The maximum Gasteiger partial charge on any atom is 0.254 e. The summed E-state index contributed by atoms with van der Waals surface area (Å²) >= 11 is 0. The van der Waals surface area contributed by atoms with E-state index in [1.807, 2.05) is 36.2 Å². The van der Waals surface area contributed by atoms with E-state index < -0.39 is 0 Å². The number of benzene rings is 1. The summed E-state index contributed by atoms with van der Waals surface area (Å²) in [5.74, 6) is 3.12. The topological polar surface area (TPSA) is 100 Å². The molecule has 2 N–H and O–H groups in total. The van der Waals surface area contributed by atoms with E-state index in [0.717, 1.165) is 59.5 Å². The van der Waals surface area contributed by atoms with Gasteiger partial charge in [-0.2, -0.15) is 4.98 Å². The summed E-state index contributed by atoms with van der Waals surface area (Å²) in [6.45, 7) is 1.62. The Morgan fingerprint density at radius 1 is 1.08 bits per heavy atom. The molecule has 37 heavy (non-hydrogen) atoms. The summed E-state index contributed by atoms with van der Waals surface area (Å²) < 4.78 is 15.5. The summed E-state index contributed by atoms with van der Waals surface area (Å²) in [6, 6.07) is 10.0. The van der Waals surface area contributed by atoms with E-state index in [9.17, 15) is 4.79 Å². The molecular weight excluding hydrogens is 468 g/mol. The van der Waals surface area contributed by atoms with Crippen LogP contribution in [0.4, 0.5) is 0 Å². The second-order valence-electron chi connectivity index (χ2n) is 10.8. The van der Waals surface area contributed by atoms with Crippen LogP contribution in [0.5, 0.6) is 11.6 Å². The lowest BCUT2D eigenvalue weighted by atomic mass is 10.1. The van der Waals surface area contributed by atoms with Crippen molar-refractivity contribution in [1.29, 1.82) is 0 Å². The molecule has 2 bridgehead atoms. The molecule has 3 fully saturated rings. The molecule has 4 aromatic rings. The van der Waals surface area contributed by atoms with Crippen molar-refractivity contribution < 1.29 is 14.3 Å². The lowest BCUT2D eigenvalue weighted by molar-refractivity contribution is 0.0700. The largest absolute Gasteiger partial charge is 0.494 e. The average Bonchev–Trinajstić information content (AvgIpc) is 3.32. The Morgan fingerprint density at radius 3 is 2.59 bits per heavy atom. The number of likely N-dealkylation sites (tertiary alicyclic amines) is 1. The van der Waals surface area contributed by atoms with Gasteiger partial charge in [-0.15, -0.1) is 0 Å². The van der Waals surface area contributed by atoms with E-state index >= 15 is 0 Å². The number of fused-ring (bicyclic) bond motifs is 4. The first kappa shape index (κ1) is 22.6. The van der Waals surface area contributed by atoms with Gasteiger partial charge in [-0.05, 0) is 61.8 Å². The van der Waals surface area contributed by atoms with Gasteiger partial charge in [0.15, 0.2) is 5.82 Å². The van der Waals surface area contributed by atoms with Crippen LogP contribution in [0.25, 0.3) is 33.6 Å². The third kappa shape index (κ3) is 3.43. The first-order chi connectivity index (χ1) is 18.0. The van der Waals surface area contributed by atoms with Crippen molar-refractivity contribution in [2.45, 2.75) is 44.3 Å². The van der Waals surface area contributed by atoms with Gasteiger partial charge in [0, 0.05) is 49.2 Å². The van der Waals surface area contributed by atoms with Gasteiger partial charge in [-0.3, -0.25) is 4.79 Å². The quantitative estimate of drug-likeness (QED) is 0.434. The zero-order chi connectivity index (χ0) is 25.4. The molecule has 4 heterocycles. The lowest BCUT2D eigenvalue weighted by Gasteiger charge is -2.27. The van der Waals surface area contributed by atoms with Gasteiger partial charge in [-0.1, -0.05) is 0 Å². The van der Waals surface area contributed by atoms with Crippen LogP contribution < -0.4 is 15.2 Å². The highest BCUT2D eigenvalue weighted by Crippen LogP contribution is 2.40. The zero-order valence-electron chi connectivity index (χ0n) is 21.5. The maximum atomic E-state index is 13.6. The highest BCUT2D eigenvalue weighted by atomic mass is 16.5. The van der Waals surface area contributed by atoms with Crippen LogP contribution in [0, 0.1) is 11.8 Å². The number of rotatable bonds is 6. The SMILES string of the molecule is COc1ccc2cc(-c3nc4cc(C(=O)N5C[C@H]6CC[C@@H]5C6N)cc(OC)c4n3C)n(CC3CC3)c2n1. The minimum absolute atomic E-state index is 0.00851. The molecule has 2 saturated carbocycles. The Morgan fingerprint density at radius 2 is 1.92 bits per heavy atom. The first-order valence-electron chi connectivity index (χ1n) is 13.1. The van der Waals surface area contributed by atoms with Crippen LogP contribution >= 0.6 is 0 Å². The number of nitrogens with two attached hydrogens (primary N) is 1. The number of carbonyl (C=O) groups excluding carboxylic acids is 1. The lowest BCUT2D eigenvalue weighted by Crippen LogP contribution is -2.41. The Balaban J connectivity index is 1.35. The fourth-order valence-electron chi connectivity index (χ4n) is 6.42. The van der Waals surface area contributed by atoms with Crippen LogP contribution in [0.2, 0.25) is 0 Å². The molecule has 1 saturated heterocycles. The molecule has 2 aliphatic carbocycles. The number of aromatic nitrogens is 4. The standard InChI is InChI=1S/C28H32N6O3/c1-32-25-19(10-18(12-22(25)36-2)28(35)34-14-17-6-8-20(34)24(17)29)30-27(32)21-11-16-7-9-23(37-3)31-26(16)33(21)13-15-4-5-15/h7,9-12,15,17,20,24H,4-6,8,13-14,29H2,1-3H3/t17-,20-,24?/m1/s1. The Bertz CT molecular complexity index is 1550. The van der Waals surface area contributed by atoms with Crippen molar-refractivity contribution in [3.05, 3.63) is 35.9 Å². The number of pyridine rings is 1. The van der Waals surface area contributed by atoms with Crippen LogP contribution in [-0.4, -0.2) is 62.8 Å². The Kier molecular flexibility index (Phi) is 5.01. The van der Waals surface area contributed by atoms with Crippen LogP contribution in [0.1, 0.15) is 36.0 Å². The first-order valence-corrected chi connectivity index (χ1v) is 13.1. The zero-order valence-corrected chi connectivity index (χ0v) is 21.5. The van der Waals surface area contributed by atoms with E-state index in [4.69, 9.17) is 25.2 Å². The van der Waals surface area contributed by atoms with E-state index in [1.54, 1.807) is 14.2 Å². The highest BCUT2D eigenvalue weighted by Gasteiger charge is 2.47. The average molecular weight is 501 g/mol. The second-order valence-corrected chi connectivity index (χ2v) is 10.8. The third-order valence-corrected chi connectivity index (χ3v) is 8.61. The predicted octanol–water partition coefficient (Wildman–Crippen LogP) is 3.58. The Hall–Kier alpha value is -3.59. The molecule has 1 unspecified atom stereocenters. The number of methoxy groups -OCH3 is 2. The molecular formula is C28H32N6O3. The highest BCUT2D eigenvalue weighted by molar-refractivity contribution is 6.00. The summed E-state index contributed by atoms with van der Waals surface area (Å²) in [5, 5.41) is 1.05. The Labute approximate surface area is 215 Å². The molecule has 9 nitrogen and oxygen atoms in total. The van der Waals surface area contributed by atoms with Crippen molar-refractivity contribution in [2.24, 2.45) is 24.6 Å². The number of amides is 1. The molecule has 1 amide bonds. The predicted molar refractivity (Wildman–Crippen MR) is 141 cm³/mol. The van der Waals surface area contributed by atoms with Crippen LogP contribution in [0.3, 0.4) is 0 Å². The fraction of sp³-hybridized carbons (Fsp3) is 0.464. The van der Waals surface area contributed by atoms with Crippen LogP contribution in [-0.2, 0) is 13.6 Å². The number of carbonyl (C=O) groups is 1. The van der Waals surface area contributed by atoms with E-state index in [0.29, 0.717) is 29.0 Å². The number of hydrogen-bond donors (Lipinski definition) is 1. The molecule has 1 aromatic carbocycles. The normalized spacial score (nSPS) is 22.9. The number of imidazole rings is 1. The van der Waals surface area contributed by atoms with Gasteiger partial charge >= 0.3 is 0 Å². The molecule has 3 aromatic heterocycles. The smallest absolute Gasteiger partial charge is 0.254 e. The van der Waals surface area contributed by atoms with Crippen molar-refractivity contribution in [3.8, 4) is 23.1 Å². The molecule has 7 rings (SSSR count). The minimum Gasteiger partial charge on any atom is -0.494 e. The molecule has 192 valence electrons. The van der Waals surface area contributed by atoms with E-state index in [1.165, 1.54) is 12.8 Å². The monoisotopic (exact) mass is 500 g/mol. The number of aryl methyl sites for hydroxylation is 1.